The molecule has 1 amide bonds. The highest BCUT2D eigenvalue weighted by molar-refractivity contribution is 5.98. The first kappa shape index (κ1) is 11.4. The van der Waals surface area contributed by atoms with Crippen LogP contribution in [0.15, 0.2) is 18.2 Å². The third-order valence-electron chi connectivity index (χ3n) is 2.66. The van der Waals surface area contributed by atoms with Crippen molar-refractivity contribution in [2.24, 2.45) is 11.8 Å². The molecule has 1 fully saturated rings. The first-order valence-corrected chi connectivity index (χ1v) is 5.01. The quantitative estimate of drug-likeness (QED) is 0.691. The van der Waals surface area contributed by atoms with E-state index in [0.29, 0.717) is 6.42 Å². The second-order valence-corrected chi connectivity index (χ2v) is 3.94. The summed E-state index contributed by atoms with van der Waals surface area (Å²) >= 11 is 0. The Kier molecular flexibility index (Phi) is 2.71. The molecule has 6 heteroatoms. The number of phenols is 1. The van der Waals surface area contributed by atoms with Crippen LogP contribution in [0.1, 0.15) is 6.42 Å². The number of phenolic OH excluding ortho intramolecular Hbond substituents is 1. The van der Waals surface area contributed by atoms with Crippen LogP contribution in [-0.4, -0.2) is 22.1 Å². The molecule has 0 heterocycles. The maximum absolute atomic E-state index is 13.0. The lowest BCUT2D eigenvalue weighted by Gasteiger charge is -2.04. The molecule has 0 aliphatic heterocycles. The van der Waals surface area contributed by atoms with Crippen molar-refractivity contribution in [3.05, 3.63) is 24.0 Å². The molecule has 17 heavy (non-hydrogen) atoms. The number of nitrogens with one attached hydrogen (secondary N) is 1. The van der Waals surface area contributed by atoms with Gasteiger partial charge in [0.2, 0.25) is 5.91 Å². The minimum Gasteiger partial charge on any atom is -0.505 e. The second-order valence-electron chi connectivity index (χ2n) is 3.94. The smallest absolute Gasteiger partial charge is 0.307 e. The fraction of sp³-hybridized carbons (Fsp3) is 0.273. The van der Waals surface area contributed by atoms with E-state index in [-0.39, 0.29) is 5.69 Å². The number of rotatable bonds is 3. The Morgan fingerprint density at radius 2 is 2.06 bits per heavy atom. The Balaban J connectivity index is 2.00. The number of carbonyl (C=O) groups excluding carboxylic acids is 1. The molecular weight excluding hydrogens is 229 g/mol. The molecule has 90 valence electrons. The minimum atomic E-state index is -0.998. The highest BCUT2D eigenvalue weighted by Gasteiger charge is 2.48. The molecule has 1 aromatic carbocycles. The fourth-order valence-electron chi connectivity index (χ4n) is 1.58. The highest BCUT2D eigenvalue weighted by atomic mass is 19.1. The van der Waals surface area contributed by atoms with Crippen molar-refractivity contribution >= 4 is 17.6 Å². The number of aliphatic carboxylic acids is 1. The SMILES string of the molecule is O=C(O)C1CC1C(=O)Nc1ccc(O)c(F)c1. The molecule has 0 aromatic heterocycles. The number of carbonyl (C=O) groups is 2. The van der Waals surface area contributed by atoms with E-state index < -0.39 is 35.3 Å². The molecule has 0 saturated heterocycles. The van der Waals surface area contributed by atoms with Gasteiger partial charge in [-0.2, -0.15) is 0 Å². The third-order valence-corrected chi connectivity index (χ3v) is 2.66. The van der Waals surface area contributed by atoms with Crippen LogP contribution in [0, 0.1) is 17.7 Å². The summed E-state index contributed by atoms with van der Waals surface area (Å²) < 4.78 is 13.0. The van der Waals surface area contributed by atoms with Crippen molar-refractivity contribution < 1.29 is 24.2 Å². The van der Waals surface area contributed by atoms with E-state index in [2.05, 4.69) is 5.32 Å². The normalized spacial score (nSPS) is 21.9. The van der Waals surface area contributed by atoms with Crippen LogP contribution in [0.5, 0.6) is 5.75 Å². The fourth-order valence-corrected chi connectivity index (χ4v) is 1.58. The Bertz CT molecular complexity index is 488. The van der Waals surface area contributed by atoms with Gasteiger partial charge in [0.15, 0.2) is 11.6 Å². The summed E-state index contributed by atoms with van der Waals surface area (Å²) in [6.07, 6.45) is 0.307. The molecule has 2 rings (SSSR count). The lowest BCUT2D eigenvalue weighted by atomic mass is 10.2. The van der Waals surface area contributed by atoms with Gasteiger partial charge in [-0.1, -0.05) is 0 Å². The number of aromatic hydroxyl groups is 1. The van der Waals surface area contributed by atoms with Gasteiger partial charge in [-0.05, 0) is 18.6 Å². The average molecular weight is 239 g/mol. The van der Waals surface area contributed by atoms with Crippen LogP contribution in [0.3, 0.4) is 0 Å². The van der Waals surface area contributed by atoms with Crippen LogP contribution in [0.4, 0.5) is 10.1 Å². The topological polar surface area (TPSA) is 86.6 Å². The predicted octanol–water partition coefficient (Wildman–Crippen LogP) is 1.19. The van der Waals surface area contributed by atoms with E-state index in [9.17, 15) is 14.0 Å². The molecule has 1 aromatic rings. The number of anilines is 1. The number of amides is 1. The number of hydrogen-bond donors (Lipinski definition) is 3. The summed E-state index contributed by atoms with van der Waals surface area (Å²) in [7, 11) is 0. The van der Waals surface area contributed by atoms with Crippen LogP contribution in [0.25, 0.3) is 0 Å². The number of carboxylic acids is 1. The average Bonchev–Trinajstić information content (AvgIpc) is 3.03. The van der Waals surface area contributed by atoms with E-state index in [1.165, 1.54) is 6.07 Å². The van der Waals surface area contributed by atoms with Crippen molar-refractivity contribution in [1.29, 1.82) is 0 Å². The number of halogens is 1. The molecular formula is C11H10FNO4. The van der Waals surface area contributed by atoms with Crippen LogP contribution in [0.2, 0.25) is 0 Å². The van der Waals surface area contributed by atoms with Crippen LogP contribution in [-0.2, 0) is 9.59 Å². The van der Waals surface area contributed by atoms with Crippen LogP contribution >= 0.6 is 0 Å². The maximum atomic E-state index is 13.0. The molecule has 5 nitrogen and oxygen atoms in total. The highest BCUT2D eigenvalue weighted by Crippen LogP contribution is 2.39. The van der Waals surface area contributed by atoms with Crippen molar-refractivity contribution in [2.45, 2.75) is 6.42 Å². The third kappa shape index (κ3) is 2.35. The summed E-state index contributed by atoms with van der Waals surface area (Å²) in [5.41, 5.74) is 0.196. The zero-order valence-electron chi connectivity index (χ0n) is 8.68. The lowest BCUT2D eigenvalue weighted by molar-refractivity contribution is -0.139. The standard InChI is InChI=1S/C11H10FNO4/c12-8-3-5(1-2-9(8)14)13-10(15)6-4-7(6)11(16)17/h1-3,6-7,14H,4H2,(H,13,15)(H,16,17). The van der Waals surface area contributed by atoms with Gasteiger partial charge >= 0.3 is 5.97 Å². The molecule has 0 radical (unpaired) electrons. The van der Waals surface area contributed by atoms with E-state index in [0.717, 1.165) is 12.1 Å². The number of benzene rings is 1. The molecule has 1 aliphatic rings. The van der Waals surface area contributed by atoms with Gasteiger partial charge in [-0.15, -0.1) is 0 Å². The largest absolute Gasteiger partial charge is 0.505 e. The summed E-state index contributed by atoms with van der Waals surface area (Å²) in [6.45, 7) is 0. The lowest BCUT2D eigenvalue weighted by Crippen LogP contribution is -2.16. The zero-order valence-corrected chi connectivity index (χ0v) is 8.68. The molecule has 0 bridgehead atoms. The summed E-state index contributed by atoms with van der Waals surface area (Å²) in [4.78, 5) is 22.1. The summed E-state index contributed by atoms with van der Waals surface area (Å²) in [6, 6.07) is 3.44. The second kappa shape index (κ2) is 4.04. The van der Waals surface area contributed by atoms with Gasteiger partial charge in [-0.3, -0.25) is 9.59 Å². The molecule has 0 spiro atoms. The summed E-state index contributed by atoms with van der Waals surface area (Å²) in [5, 5.41) is 20.0. The van der Waals surface area contributed by atoms with Gasteiger partial charge in [0.25, 0.3) is 0 Å². The van der Waals surface area contributed by atoms with Gasteiger partial charge < -0.3 is 15.5 Å². The number of hydrogen-bond acceptors (Lipinski definition) is 3. The first-order chi connectivity index (χ1) is 7.99. The molecule has 3 N–H and O–H groups in total. The van der Waals surface area contributed by atoms with E-state index in [1.807, 2.05) is 0 Å². The van der Waals surface area contributed by atoms with Gasteiger partial charge in [0, 0.05) is 11.8 Å². The maximum Gasteiger partial charge on any atom is 0.307 e. The Hall–Kier alpha value is -2.11. The first-order valence-electron chi connectivity index (χ1n) is 5.01. The monoisotopic (exact) mass is 239 g/mol. The zero-order chi connectivity index (χ0) is 12.6. The van der Waals surface area contributed by atoms with Gasteiger partial charge in [0.05, 0.1) is 11.8 Å². The van der Waals surface area contributed by atoms with Crippen molar-refractivity contribution in [3.63, 3.8) is 0 Å². The molecule has 1 saturated carbocycles. The number of carboxylic acid groups (broad SMARTS) is 1. The minimum absolute atomic E-state index is 0.196. The van der Waals surface area contributed by atoms with E-state index in [4.69, 9.17) is 10.2 Å². The van der Waals surface area contributed by atoms with Gasteiger partial charge in [0.1, 0.15) is 0 Å². The molecule has 2 unspecified atom stereocenters. The van der Waals surface area contributed by atoms with Gasteiger partial charge in [-0.25, -0.2) is 4.39 Å². The van der Waals surface area contributed by atoms with Crippen molar-refractivity contribution in [3.8, 4) is 5.75 Å². The van der Waals surface area contributed by atoms with Crippen LogP contribution < -0.4 is 5.32 Å². The van der Waals surface area contributed by atoms with Crippen molar-refractivity contribution in [1.82, 2.24) is 0 Å². The molecule has 2 atom stereocenters. The molecule has 1 aliphatic carbocycles. The van der Waals surface area contributed by atoms with E-state index >= 15 is 0 Å². The Morgan fingerprint density at radius 3 is 2.59 bits per heavy atom. The Labute approximate surface area is 95.9 Å². The Morgan fingerprint density at radius 1 is 1.35 bits per heavy atom. The summed E-state index contributed by atoms with van der Waals surface area (Å²) in [5.74, 6) is -3.97. The predicted molar refractivity (Wildman–Crippen MR) is 55.9 cm³/mol. The van der Waals surface area contributed by atoms with E-state index in [1.54, 1.807) is 0 Å². The van der Waals surface area contributed by atoms with Crippen molar-refractivity contribution in [2.75, 3.05) is 5.32 Å².